The van der Waals surface area contributed by atoms with Crippen LogP contribution in [0.25, 0.3) is 23.1 Å². The molecule has 0 radical (unpaired) electrons. The van der Waals surface area contributed by atoms with Crippen molar-refractivity contribution in [1.29, 1.82) is 0 Å². The Kier molecular flexibility index (Phi) is 5.51. The maximum absolute atomic E-state index is 13.1. The fourth-order valence-corrected chi connectivity index (χ4v) is 5.90. The van der Waals surface area contributed by atoms with Crippen LogP contribution in [0.2, 0.25) is 0 Å². The summed E-state index contributed by atoms with van der Waals surface area (Å²) in [5.41, 5.74) is 2.37. The van der Waals surface area contributed by atoms with E-state index in [1.807, 2.05) is 19.1 Å². The zero-order valence-electron chi connectivity index (χ0n) is 19.1. The highest BCUT2D eigenvalue weighted by Crippen LogP contribution is 2.37. The van der Waals surface area contributed by atoms with E-state index >= 15 is 0 Å². The molecule has 2 aromatic heterocycles. The number of hydroxylamine groups is 2. The monoisotopic (exact) mass is 468 g/mol. The van der Waals surface area contributed by atoms with E-state index in [9.17, 15) is 4.79 Å². The number of amides is 1. The van der Waals surface area contributed by atoms with Crippen molar-refractivity contribution in [1.82, 2.24) is 20.6 Å². The van der Waals surface area contributed by atoms with Crippen LogP contribution in [0.15, 0.2) is 18.3 Å². The third kappa shape index (κ3) is 3.54. The van der Waals surface area contributed by atoms with Gasteiger partial charge in [0.25, 0.3) is 5.91 Å². The SMILES string of the molecule is CC[C@@]1(C(=O)N(C)OC)C=c2sc3c(c2=CC1)C(Nc1cc2cn[nH]c2cc1OC)NCN3. The molecule has 1 aliphatic heterocycles. The first-order chi connectivity index (χ1) is 16.0. The van der Waals surface area contributed by atoms with Gasteiger partial charge < -0.3 is 15.4 Å². The predicted molar refractivity (Wildman–Crippen MR) is 130 cm³/mol. The van der Waals surface area contributed by atoms with Crippen molar-refractivity contribution < 1.29 is 14.4 Å². The maximum atomic E-state index is 13.1. The number of aromatic nitrogens is 2. The van der Waals surface area contributed by atoms with Crippen LogP contribution >= 0.6 is 11.3 Å². The molecule has 0 fully saturated rings. The highest BCUT2D eigenvalue weighted by Gasteiger charge is 2.38. The molecule has 3 aromatic rings. The lowest BCUT2D eigenvalue weighted by Gasteiger charge is -2.32. The number of nitrogens with zero attached hydrogens (tertiary/aromatic N) is 2. The van der Waals surface area contributed by atoms with E-state index in [0.717, 1.165) is 42.7 Å². The summed E-state index contributed by atoms with van der Waals surface area (Å²) in [6.45, 7) is 2.68. The molecule has 0 saturated carbocycles. The van der Waals surface area contributed by atoms with E-state index in [1.165, 1.54) is 12.2 Å². The van der Waals surface area contributed by atoms with Gasteiger partial charge in [0.05, 0.1) is 48.7 Å². The average Bonchev–Trinajstić information content (AvgIpc) is 3.45. The molecule has 174 valence electrons. The predicted octanol–water partition coefficient (Wildman–Crippen LogP) is 2.10. The van der Waals surface area contributed by atoms with Gasteiger partial charge in [-0.3, -0.25) is 20.0 Å². The summed E-state index contributed by atoms with van der Waals surface area (Å²) in [5, 5.41) is 22.3. The second kappa shape index (κ2) is 8.36. The van der Waals surface area contributed by atoms with Gasteiger partial charge in [-0.2, -0.15) is 5.10 Å². The standard InChI is InChI=1S/C23H28N6O3S/c1-5-23(22(30)29(2)32-4)7-6-14-18(10-23)33-21-19(14)20(24-12-25-21)27-16-8-13-11-26-28-15(13)9-17(16)31-3/h6,8-11,20,24-25,27H,5,7,12H2,1-4H3,(H,26,28)/t20?,23-/m0/s1. The van der Waals surface area contributed by atoms with E-state index in [1.54, 1.807) is 31.7 Å². The van der Waals surface area contributed by atoms with Gasteiger partial charge in [-0.1, -0.05) is 19.1 Å². The van der Waals surface area contributed by atoms with E-state index in [-0.39, 0.29) is 12.1 Å². The molecule has 1 amide bonds. The molecule has 4 N–H and O–H groups in total. The molecule has 1 aromatic carbocycles. The van der Waals surface area contributed by atoms with Crippen LogP contribution in [0, 0.1) is 5.41 Å². The van der Waals surface area contributed by atoms with Gasteiger partial charge in [0.2, 0.25) is 0 Å². The number of carbonyl (C=O) groups is 1. The number of aromatic amines is 1. The fraction of sp³-hybridized carbons (Fsp3) is 0.391. The second-order valence-corrected chi connectivity index (χ2v) is 9.37. The number of carbonyl (C=O) groups excluding carboxylic acids is 1. The Labute approximate surface area is 195 Å². The van der Waals surface area contributed by atoms with Crippen molar-refractivity contribution in [3.63, 3.8) is 0 Å². The zero-order chi connectivity index (χ0) is 23.2. The van der Waals surface area contributed by atoms with Gasteiger partial charge >= 0.3 is 0 Å². The van der Waals surface area contributed by atoms with Crippen LogP contribution in [-0.2, 0) is 9.63 Å². The molecular weight excluding hydrogens is 440 g/mol. The molecule has 3 heterocycles. The first kappa shape index (κ1) is 21.7. The number of methoxy groups -OCH3 is 1. The Morgan fingerprint density at radius 1 is 1.39 bits per heavy atom. The highest BCUT2D eigenvalue weighted by molar-refractivity contribution is 7.14. The number of rotatable bonds is 6. The van der Waals surface area contributed by atoms with E-state index < -0.39 is 5.41 Å². The van der Waals surface area contributed by atoms with Crippen molar-refractivity contribution in [2.24, 2.45) is 5.41 Å². The summed E-state index contributed by atoms with van der Waals surface area (Å²) in [6, 6.07) is 3.99. The van der Waals surface area contributed by atoms with Gasteiger partial charge in [0.1, 0.15) is 11.9 Å². The van der Waals surface area contributed by atoms with Crippen molar-refractivity contribution in [2.75, 3.05) is 38.6 Å². The number of nitrogens with one attached hydrogen (secondary N) is 4. The lowest BCUT2D eigenvalue weighted by Crippen LogP contribution is -2.45. The molecule has 33 heavy (non-hydrogen) atoms. The van der Waals surface area contributed by atoms with E-state index in [2.05, 4.69) is 38.3 Å². The first-order valence-corrected chi connectivity index (χ1v) is 11.7. The molecule has 1 aliphatic carbocycles. The number of hydrogen-bond acceptors (Lipinski definition) is 8. The number of fused-ring (bicyclic) bond motifs is 4. The smallest absolute Gasteiger partial charge is 0.256 e. The van der Waals surface area contributed by atoms with E-state index in [0.29, 0.717) is 19.5 Å². The van der Waals surface area contributed by atoms with Crippen LogP contribution in [0.5, 0.6) is 5.75 Å². The van der Waals surface area contributed by atoms with Gasteiger partial charge in [-0.05, 0) is 24.1 Å². The number of hydrogen-bond donors (Lipinski definition) is 4. The van der Waals surface area contributed by atoms with Crippen LogP contribution in [0.1, 0.15) is 31.5 Å². The van der Waals surface area contributed by atoms with Gasteiger partial charge in [0, 0.05) is 28.6 Å². The van der Waals surface area contributed by atoms with Crippen LogP contribution in [-0.4, -0.2) is 49.1 Å². The lowest BCUT2D eigenvalue weighted by atomic mass is 9.78. The molecule has 1 unspecified atom stereocenters. The van der Waals surface area contributed by atoms with Crippen LogP contribution in [0.3, 0.4) is 0 Å². The Bertz CT molecular complexity index is 1330. The quantitative estimate of drug-likeness (QED) is 0.411. The Morgan fingerprint density at radius 3 is 3.00 bits per heavy atom. The molecule has 0 spiro atoms. The zero-order valence-corrected chi connectivity index (χ0v) is 19.9. The van der Waals surface area contributed by atoms with Crippen molar-refractivity contribution in [3.8, 4) is 5.75 Å². The summed E-state index contributed by atoms with van der Waals surface area (Å²) >= 11 is 1.68. The molecule has 10 heteroatoms. The normalized spacial score (nSPS) is 21.3. The third-order valence-electron chi connectivity index (χ3n) is 6.61. The molecule has 0 saturated heterocycles. The topological polar surface area (TPSA) is 104 Å². The average molecular weight is 469 g/mol. The van der Waals surface area contributed by atoms with Crippen LogP contribution in [0.4, 0.5) is 10.7 Å². The number of thiophene rings is 1. The number of benzene rings is 1. The summed E-state index contributed by atoms with van der Waals surface area (Å²) in [5.74, 6) is 0.714. The van der Waals surface area contributed by atoms with Gasteiger partial charge in [-0.15, -0.1) is 11.3 Å². The summed E-state index contributed by atoms with van der Waals surface area (Å²) < 4.78 is 6.73. The van der Waals surface area contributed by atoms with Crippen molar-refractivity contribution in [3.05, 3.63) is 33.6 Å². The number of ether oxygens (including phenoxy) is 1. The molecule has 2 aliphatic rings. The van der Waals surface area contributed by atoms with Crippen molar-refractivity contribution >= 4 is 51.0 Å². The molecule has 2 atom stereocenters. The largest absolute Gasteiger partial charge is 0.495 e. The third-order valence-corrected chi connectivity index (χ3v) is 7.74. The molecule has 5 rings (SSSR count). The minimum absolute atomic E-state index is 0.0281. The second-order valence-electron chi connectivity index (χ2n) is 8.32. The Hall–Kier alpha value is -3.08. The van der Waals surface area contributed by atoms with Gasteiger partial charge in [-0.25, -0.2) is 5.06 Å². The van der Waals surface area contributed by atoms with E-state index in [4.69, 9.17) is 9.57 Å². The molecule has 9 nitrogen and oxygen atoms in total. The first-order valence-electron chi connectivity index (χ1n) is 10.9. The fourth-order valence-electron chi connectivity index (χ4n) is 4.62. The lowest BCUT2D eigenvalue weighted by molar-refractivity contribution is -0.176. The number of H-pyrrole nitrogens is 1. The minimum atomic E-state index is -0.600. The molecular formula is C23H28N6O3S. The number of anilines is 2. The highest BCUT2D eigenvalue weighted by atomic mass is 32.1. The summed E-state index contributed by atoms with van der Waals surface area (Å²) in [7, 11) is 4.85. The Balaban J connectivity index is 1.55. The minimum Gasteiger partial charge on any atom is -0.495 e. The van der Waals surface area contributed by atoms with Crippen molar-refractivity contribution in [2.45, 2.75) is 25.9 Å². The maximum Gasteiger partial charge on any atom is 0.256 e. The Morgan fingerprint density at radius 2 is 2.24 bits per heavy atom. The summed E-state index contributed by atoms with van der Waals surface area (Å²) in [4.78, 5) is 18.3. The van der Waals surface area contributed by atoms with Gasteiger partial charge in [0.15, 0.2) is 0 Å². The molecule has 0 bridgehead atoms. The van der Waals surface area contributed by atoms with Crippen LogP contribution < -0.4 is 30.4 Å². The summed E-state index contributed by atoms with van der Waals surface area (Å²) in [6.07, 6.45) is 7.33.